The number of nitrogens with zero attached hydrogens (tertiary/aromatic N) is 1. The van der Waals surface area contributed by atoms with Gasteiger partial charge < -0.3 is 16.2 Å². The zero-order valence-corrected chi connectivity index (χ0v) is 12.7. The van der Waals surface area contributed by atoms with E-state index in [0.29, 0.717) is 19.4 Å². The van der Waals surface area contributed by atoms with E-state index in [9.17, 15) is 9.90 Å². The molecule has 1 aliphatic carbocycles. The molecule has 1 saturated carbocycles. The molecule has 1 aliphatic rings. The summed E-state index contributed by atoms with van der Waals surface area (Å²) in [5, 5.41) is 12.4. The number of halogens is 2. The normalized spacial score (nSPS) is 24.4. The number of carbonyl (C=O) groups excluding carboxylic acids is 1. The molecular weight excluding hydrogens is 301 g/mol. The van der Waals surface area contributed by atoms with Crippen LogP contribution in [0.4, 0.5) is 0 Å². The predicted octanol–water partition coefficient (Wildman–Crippen LogP) is 0.682. The van der Waals surface area contributed by atoms with Gasteiger partial charge in [-0.25, -0.2) is 0 Å². The van der Waals surface area contributed by atoms with E-state index in [1.165, 1.54) is 0 Å². The number of amides is 1. The summed E-state index contributed by atoms with van der Waals surface area (Å²) in [5.41, 5.74) is 6.79. The summed E-state index contributed by atoms with van der Waals surface area (Å²) in [6.07, 6.45) is 4.78. The molecule has 1 heterocycles. The highest BCUT2D eigenvalue weighted by Gasteiger charge is 2.34. The van der Waals surface area contributed by atoms with Gasteiger partial charge in [-0.15, -0.1) is 24.8 Å². The lowest BCUT2D eigenvalue weighted by Crippen LogP contribution is -2.32. The van der Waals surface area contributed by atoms with Gasteiger partial charge in [-0.2, -0.15) is 0 Å². The summed E-state index contributed by atoms with van der Waals surface area (Å²) < 4.78 is 0. The van der Waals surface area contributed by atoms with Crippen LogP contribution < -0.4 is 11.1 Å². The molecule has 2 rings (SSSR count). The summed E-state index contributed by atoms with van der Waals surface area (Å²) in [4.78, 5) is 15.9. The third-order valence-electron chi connectivity index (χ3n) is 3.38. The zero-order chi connectivity index (χ0) is 13.0. The first-order chi connectivity index (χ1) is 8.66. The van der Waals surface area contributed by atoms with Crippen LogP contribution in [0.1, 0.15) is 18.4 Å². The van der Waals surface area contributed by atoms with E-state index < -0.39 is 6.10 Å². The number of aliphatic hydroxyl groups is 1. The number of hydrogen-bond acceptors (Lipinski definition) is 4. The highest BCUT2D eigenvalue weighted by molar-refractivity contribution is 5.85. The number of hydrogen-bond donors (Lipinski definition) is 3. The first kappa shape index (κ1) is 19.1. The highest BCUT2D eigenvalue weighted by atomic mass is 35.5. The number of pyridine rings is 1. The Kier molecular flexibility index (Phi) is 8.73. The van der Waals surface area contributed by atoms with Crippen LogP contribution in [0.2, 0.25) is 0 Å². The van der Waals surface area contributed by atoms with Crippen molar-refractivity contribution in [3.05, 3.63) is 30.1 Å². The minimum Gasteiger partial charge on any atom is -0.391 e. The Morgan fingerprint density at radius 3 is 2.75 bits per heavy atom. The third kappa shape index (κ3) is 5.25. The van der Waals surface area contributed by atoms with Gasteiger partial charge in [0.05, 0.1) is 6.10 Å². The first-order valence-electron chi connectivity index (χ1n) is 6.27. The molecule has 1 aromatic rings. The Hall–Kier alpha value is -0.880. The predicted molar refractivity (Wildman–Crippen MR) is 82.2 cm³/mol. The van der Waals surface area contributed by atoms with Crippen molar-refractivity contribution in [2.45, 2.75) is 31.4 Å². The number of nitrogens with one attached hydrogen (secondary N) is 1. The van der Waals surface area contributed by atoms with Crippen molar-refractivity contribution in [2.24, 2.45) is 11.7 Å². The van der Waals surface area contributed by atoms with Gasteiger partial charge >= 0.3 is 0 Å². The molecule has 4 N–H and O–H groups in total. The molecule has 0 unspecified atom stereocenters. The first-order valence-corrected chi connectivity index (χ1v) is 6.27. The summed E-state index contributed by atoms with van der Waals surface area (Å²) >= 11 is 0. The molecule has 0 saturated heterocycles. The van der Waals surface area contributed by atoms with Gasteiger partial charge in [0, 0.05) is 30.9 Å². The smallest absolute Gasteiger partial charge is 0.223 e. The molecule has 0 bridgehead atoms. The van der Waals surface area contributed by atoms with Crippen molar-refractivity contribution in [2.75, 3.05) is 6.54 Å². The van der Waals surface area contributed by atoms with E-state index in [4.69, 9.17) is 5.73 Å². The largest absolute Gasteiger partial charge is 0.391 e. The highest BCUT2D eigenvalue weighted by Crippen LogP contribution is 2.24. The van der Waals surface area contributed by atoms with E-state index >= 15 is 0 Å². The van der Waals surface area contributed by atoms with Crippen LogP contribution in [-0.2, 0) is 11.2 Å². The van der Waals surface area contributed by atoms with Crippen LogP contribution in [0.5, 0.6) is 0 Å². The topological polar surface area (TPSA) is 88.2 Å². The Bertz CT molecular complexity index is 396. The molecule has 0 radical (unpaired) electrons. The van der Waals surface area contributed by atoms with E-state index in [0.717, 1.165) is 12.0 Å². The molecule has 7 heteroatoms. The van der Waals surface area contributed by atoms with Crippen LogP contribution in [0.25, 0.3) is 0 Å². The number of rotatable bonds is 4. The van der Waals surface area contributed by atoms with Gasteiger partial charge in [-0.3, -0.25) is 9.78 Å². The van der Waals surface area contributed by atoms with Gasteiger partial charge in [0.2, 0.25) is 5.91 Å². The lowest BCUT2D eigenvalue weighted by Gasteiger charge is -2.10. The number of nitrogens with two attached hydrogens (primary N) is 1. The lowest BCUT2D eigenvalue weighted by molar-refractivity contribution is -0.125. The fraction of sp³-hybridized carbons (Fsp3) is 0.538. The molecule has 0 spiro atoms. The van der Waals surface area contributed by atoms with E-state index in [-0.39, 0.29) is 42.7 Å². The van der Waals surface area contributed by atoms with Crippen molar-refractivity contribution >= 4 is 30.7 Å². The Labute approximate surface area is 131 Å². The van der Waals surface area contributed by atoms with Gasteiger partial charge in [0.1, 0.15) is 0 Å². The summed E-state index contributed by atoms with van der Waals surface area (Å²) in [5.74, 6) is -0.158. The monoisotopic (exact) mass is 321 g/mol. The lowest BCUT2D eigenvalue weighted by atomic mass is 10.1. The molecule has 1 fully saturated rings. The zero-order valence-electron chi connectivity index (χ0n) is 11.1. The minimum absolute atomic E-state index is 0. The van der Waals surface area contributed by atoms with Crippen molar-refractivity contribution in [3.63, 3.8) is 0 Å². The summed E-state index contributed by atoms with van der Waals surface area (Å²) in [6, 6.07) is 3.59. The standard InChI is InChI=1S/C13H19N3O2.2ClH/c14-11-6-10(7-12(11)17)13(18)16-5-3-9-2-1-4-15-8-9;;/h1-2,4,8,10-12,17H,3,5-7,14H2,(H,16,18);2*1H/t10-,11-,12-;;/m0../s1. The molecule has 1 aromatic heterocycles. The molecule has 5 nitrogen and oxygen atoms in total. The maximum absolute atomic E-state index is 11.8. The van der Waals surface area contributed by atoms with Crippen molar-refractivity contribution in [1.82, 2.24) is 10.3 Å². The second-order valence-corrected chi connectivity index (χ2v) is 4.80. The quantitative estimate of drug-likeness (QED) is 0.761. The fourth-order valence-corrected chi connectivity index (χ4v) is 2.28. The van der Waals surface area contributed by atoms with Crippen LogP contribution >= 0.6 is 24.8 Å². The van der Waals surface area contributed by atoms with E-state index in [1.807, 2.05) is 12.1 Å². The minimum atomic E-state index is -0.543. The number of aliphatic hydroxyl groups excluding tert-OH is 1. The fourth-order valence-electron chi connectivity index (χ4n) is 2.28. The SMILES string of the molecule is Cl.Cl.N[C@H]1C[C@H](C(=O)NCCc2cccnc2)C[C@@H]1O. The van der Waals surface area contributed by atoms with Crippen LogP contribution in [-0.4, -0.2) is 34.7 Å². The van der Waals surface area contributed by atoms with E-state index in [2.05, 4.69) is 10.3 Å². The Morgan fingerprint density at radius 1 is 1.45 bits per heavy atom. The molecule has 20 heavy (non-hydrogen) atoms. The Morgan fingerprint density at radius 2 is 2.20 bits per heavy atom. The van der Waals surface area contributed by atoms with Crippen molar-refractivity contribution < 1.29 is 9.90 Å². The van der Waals surface area contributed by atoms with Gasteiger partial charge in [-0.1, -0.05) is 6.07 Å². The summed E-state index contributed by atoms with van der Waals surface area (Å²) in [7, 11) is 0. The van der Waals surface area contributed by atoms with Gasteiger partial charge in [-0.05, 0) is 30.9 Å². The molecule has 3 atom stereocenters. The molecule has 1 amide bonds. The van der Waals surface area contributed by atoms with Crippen molar-refractivity contribution in [3.8, 4) is 0 Å². The van der Waals surface area contributed by atoms with Crippen LogP contribution in [0, 0.1) is 5.92 Å². The van der Waals surface area contributed by atoms with Gasteiger partial charge in [0.25, 0.3) is 0 Å². The maximum atomic E-state index is 11.8. The Balaban J connectivity index is 0.00000180. The molecule has 0 aromatic carbocycles. The molecule has 0 aliphatic heterocycles. The summed E-state index contributed by atoms with van der Waals surface area (Å²) in [6.45, 7) is 0.590. The van der Waals surface area contributed by atoms with Gasteiger partial charge in [0.15, 0.2) is 0 Å². The molecular formula is C13H21Cl2N3O2. The number of carbonyl (C=O) groups is 1. The maximum Gasteiger partial charge on any atom is 0.223 e. The second-order valence-electron chi connectivity index (χ2n) is 4.80. The molecule has 114 valence electrons. The average molecular weight is 322 g/mol. The van der Waals surface area contributed by atoms with E-state index in [1.54, 1.807) is 12.4 Å². The third-order valence-corrected chi connectivity index (χ3v) is 3.38. The van der Waals surface area contributed by atoms with Crippen molar-refractivity contribution in [1.29, 1.82) is 0 Å². The average Bonchev–Trinajstić information content (AvgIpc) is 2.71. The van der Waals surface area contributed by atoms with Crippen LogP contribution in [0.3, 0.4) is 0 Å². The van der Waals surface area contributed by atoms with Crippen LogP contribution in [0.15, 0.2) is 24.5 Å². The number of aromatic nitrogens is 1. The second kappa shape index (κ2) is 9.13.